The highest BCUT2D eigenvalue weighted by atomic mass is 16.4. The maximum absolute atomic E-state index is 11.4. The molecule has 0 saturated carbocycles. The van der Waals surface area contributed by atoms with Crippen LogP contribution in [0.25, 0.3) is 0 Å². The minimum absolute atomic E-state index is 0.407. The number of carbonyl (C=O) groups is 2. The fourth-order valence-electron chi connectivity index (χ4n) is 1.47. The molecule has 0 spiro atoms. The quantitative estimate of drug-likeness (QED) is 0.439. The first-order valence-electron chi connectivity index (χ1n) is 6.59. The van der Waals surface area contributed by atoms with Crippen molar-refractivity contribution in [3.63, 3.8) is 0 Å². The van der Waals surface area contributed by atoms with E-state index in [-0.39, 0.29) is 0 Å². The van der Waals surface area contributed by atoms with E-state index in [2.05, 4.69) is 16.0 Å². The van der Waals surface area contributed by atoms with E-state index in [1.807, 2.05) is 13.8 Å². The number of carboxylic acids is 1. The Bertz CT molecular complexity index is 247. The van der Waals surface area contributed by atoms with E-state index in [1.165, 1.54) is 0 Å². The molecule has 0 saturated heterocycles. The number of unbranched alkanes of at least 4 members (excludes halogenated alkanes) is 1. The highest BCUT2D eigenvalue weighted by molar-refractivity contribution is 5.82. The van der Waals surface area contributed by atoms with Gasteiger partial charge in [0.1, 0.15) is 6.04 Å². The minimum Gasteiger partial charge on any atom is -0.480 e. The molecule has 6 heteroatoms. The van der Waals surface area contributed by atoms with Gasteiger partial charge in [-0.3, -0.25) is 0 Å². The van der Waals surface area contributed by atoms with E-state index >= 15 is 0 Å². The lowest BCUT2D eigenvalue weighted by Gasteiger charge is -2.14. The lowest BCUT2D eigenvalue weighted by atomic mass is 10.1. The van der Waals surface area contributed by atoms with Gasteiger partial charge in [-0.1, -0.05) is 26.7 Å². The highest BCUT2D eigenvalue weighted by Gasteiger charge is 2.18. The Morgan fingerprint density at radius 1 is 1.17 bits per heavy atom. The first-order valence-corrected chi connectivity index (χ1v) is 6.59. The molecule has 4 N–H and O–H groups in total. The summed E-state index contributed by atoms with van der Waals surface area (Å²) in [7, 11) is 0. The van der Waals surface area contributed by atoms with E-state index in [0.717, 1.165) is 32.4 Å². The van der Waals surface area contributed by atoms with E-state index in [9.17, 15) is 9.59 Å². The summed E-state index contributed by atoms with van der Waals surface area (Å²) in [4.78, 5) is 22.4. The normalized spacial score (nSPS) is 11.9. The summed E-state index contributed by atoms with van der Waals surface area (Å²) in [6.45, 7) is 6.29. The molecule has 0 bridgehead atoms. The van der Waals surface area contributed by atoms with Gasteiger partial charge in [0, 0.05) is 6.54 Å². The Balaban J connectivity index is 3.77. The monoisotopic (exact) mass is 259 g/mol. The molecule has 18 heavy (non-hydrogen) atoms. The molecule has 2 amide bonds. The van der Waals surface area contributed by atoms with Crippen LogP contribution < -0.4 is 16.0 Å². The zero-order chi connectivity index (χ0) is 13.8. The standard InChI is InChI=1S/C12H25N3O3/c1-3-5-7-10(11(16)17)15-12(18)14-9-6-8-13-4-2/h10,13H,3-9H2,1-2H3,(H,16,17)(H2,14,15,18)/t10-/m0/s1. The van der Waals surface area contributed by atoms with Crippen LogP contribution in [0.2, 0.25) is 0 Å². The number of urea groups is 1. The third-order valence-electron chi connectivity index (χ3n) is 2.52. The van der Waals surface area contributed by atoms with Crippen LogP contribution in [0, 0.1) is 0 Å². The molecule has 0 aliphatic rings. The second-order valence-corrected chi connectivity index (χ2v) is 4.14. The number of carbonyl (C=O) groups excluding carboxylic acids is 1. The molecule has 0 aromatic heterocycles. The lowest BCUT2D eigenvalue weighted by molar-refractivity contribution is -0.139. The maximum atomic E-state index is 11.4. The lowest BCUT2D eigenvalue weighted by Crippen LogP contribution is -2.46. The van der Waals surface area contributed by atoms with Gasteiger partial charge < -0.3 is 21.1 Å². The van der Waals surface area contributed by atoms with E-state index in [4.69, 9.17) is 5.11 Å². The molecule has 0 fully saturated rings. The van der Waals surface area contributed by atoms with Gasteiger partial charge in [-0.05, 0) is 25.9 Å². The second kappa shape index (κ2) is 10.8. The highest BCUT2D eigenvalue weighted by Crippen LogP contribution is 2.00. The predicted molar refractivity (Wildman–Crippen MR) is 70.6 cm³/mol. The Morgan fingerprint density at radius 3 is 2.44 bits per heavy atom. The van der Waals surface area contributed by atoms with Crippen molar-refractivity contribution in [2.45, 2.75) is 45.6 Å². The Labute approximate surface area is 109 Å². The Morgan fingerprint density at radius 2 is 1.89 bits per heavy atom. The van der Waals surface area contributed by atoms with Crippen molar-refractivity contribution in [1.82, 2.24) is 16.0 Å². The predicted octanol–water partition coefficient (Wildman–Crippen LogP) is 0.929. The van der Waals surface area contributed by atoms with Crippen LogP contribution in [0.4, 0.5) is 4.79 Å². The summed E-state index contributed by atoms with van der Waals surface area (Å²) < 4.78 is 0. The minimum atomic E-state index is -0.980. The summed E-state index contributed by atoms with van der Waals surface area (Å²) in [6, 6.07) is -1.20. The first kappa shape index (κ1) is 16.7. The molecule has 0 aliphatic carbocycles. The molecule has 0 aromatic rings. The van der Waals surface area contributed by atoms with Crippen LogP contribution in [0.5, 0.6) is 0 Å². The molecule has 6 nitrogen and oxygen atoms in total. The molecule has 1 atom stereocenters. The third-order valence-corrected chi connectivity index (χ3v) is 2.52. The summed E-state index contributed by atoms with van der Waals surface area (Å²) in [5.41, 5.74) is 0. The zero-order valence-electron chi connectivity index (χ0n) is 11.3. The van der Waals surface area contributed by atoms with Crippen LogP contribution in [0.3, 0.4) is 0 Å². The van der Waals surface area contributed by atoms with Gasteiger partial charge >= 0.3 is 12.0 Å². The Kier molecular flexibility index (Phi) is 10.0. The molecule has 0 aliphatic heterocycles. The van der Waals surface area contributed by atoms with E-state index in [1.54, 1.807) is 0 Å². The molecular weight excluding hydrogens is 234 g/mol. The average molecular weight is 259 g/mol. The van der Waals surface area contributed by atoms with Gasteiger partial charge in [0.15, 0.2) is 0 Å². The zero-order valence-corrected chi connectivity index (χ0v) is 11.3. The van der Waals surface area contributed by atoms with Crippen LogP contribution >= 0.6 is 0 Å². The van der Waals surface area contributed by atoms with Crippen molar-refractivity contribution in [2.24, 2.45) is 0 Å². The van der Waals surface area contributed by atoms with Crippen molar-refractivity contribution < 1.29 is 14.7 Å². The maximum Gasteiger partial charge on any atom is 0.326 e. The van der Waals surface area contributed by atoms with Crippen LogP contribution in [-0.2, 0) is 4.79 Å². The summed E-state index contributed by atoms with van der Waals surface area (Å²) in [5.74, 6) is -0.980. The molecule has 0 radical (unpaired) electrons. The summed E-state index contributed by atoms with van der Waals surface area (Å²) >= 11 is 0. The SMILES string of the molecule is CCCC[C@H](NC(=O)NCCCNCC)C(=O)O. The molecule has 106 valence electrons. The van der Waals surface area contributed by atoms with E-state index < -0.39 is 18.0 Å². The molecule has 0 rings (SSSR count). The third kappa shape index (κ3) is 8.81. The van der Waals surface area contributed by atoms with Crippen molar-refractivity contribution in [2.75, 3.05) is 19.6 Å². The van der Waals surface area contributed by atoms with Gasteiger partial charge in [-0.15, -0.1) is 0 Å². The van der Waals surface area contributed by atoms with Crippen molar-refractivity contribution in [1.29, 1.82) is 0 Å². The molecular formula is C12H25N3O3. The number of rotatable bonds is 10. The van der Waals surface area contributed by atoms with Crippen molar-refractivity contribution >= 4 is 12.0 Å². The summed E-state index contributed by atoms with van der Waals surface area (Å²) in [6.07, 6.45) is 3.00. The van der Waals surface area contributed by atoms with E-state index in [0.29, 0.717) is 13.0 Å². The van der Waals surface area contributed by atoms with Crippen LogP contribution in [0.15, 0.2) is 0 Å². The van der Waals surface area contributed by atoms with Crippen molar-refractivity contribution in [3.05, 3.63) is 0 Å². The van der Waals surface area contributed by atoms with Crippen LogP contribution in [0.1, 0.15) is 39.5 Å². The second-order valence-electron chi connectivity index (χ2n) is 4.14. The number of aliphatic carboxylic acids is 1. The smallest absolute Gasteiger partial charge is 0.326 e. The molecule has 0 unspecified atom stereocenters. The number of nitrogens with one attached hydrogen (secondary N) is 3. The topological polar surface area (TPSA) is 90.5 Å². The fourth-order valence-corrected chi connectivity index (χ4v) is 1.47. The largest absolute Gasteiger partial charge is 0.480 e. The number of amides is 2. The van der Waals surface area contributed by atoms with Gasteiger partial charge in [-0.25, -0.2) is 9.59 Å². The fraction of sp³-hybridized carbons (Fsp3) is 0.833. The van der Waals surface area contributed by atoms with Gasteiger partial charge in [-0.2, -0.15) is 0 Å². The molecule has 0 aromatic carbocycles. The first-order chi connectivity index (χ1) is 8.61. The van der Waals surface area contributed by atoms with Gasteiger partial charge in [0.05, 0.1) is 0 Å². The van der Waals surface area contributed by atoms with Crippen molar-refractivity contribution in [3.8, 4) is 0 Å². The number of hydrogen-bond acceptors (Lipinski definition) is 3. The Hall–Kier alpha value is -1.30. The number of hydrogen-bond donors (Lipinski definition) is 4. The average Bonchev–Trinajstić information content (AvgIpc) is 2.33. The summed E-state index contributed by atoms with van der Waals surface area (Å²) in [5, 5.41) is 17.2. The van der Waals surface area contributed by atoms with Gasteiger partial charge in [0.2, 0.25) is 0 Å². The number of carboxylic acid groups (broad SMARTS) is 1. The van der Waals surface area contributed by atoms with Gasteiger partial charge in [0.25, 0.3) is 0 Å². The van der Waals surface area contributed by atoms with Crippen LogP contribution in [-0.4, -0.2) is 42.8 Å². The molecule has 0 heterocycles.